The Morgan fingerprint density at radius 3 is 2.48 bits per heavy atom. The van der Waals surface area contributed by atoms with Crippen LogP contribution < -0.4 is 10.2 Å². The minimum atomic E-state index is -1.04. The molecule has 2 heterocycles. The number of carbonyl (C=O) groups excluding carboxylic acids is 2. The molecule has 2 amide bonds. The van der Waals surface area contributed by atoms with Crippen LogP contribution in [0.15, 0.2) is 42.5 Å². The van der Waals surface area contributed by atoms with Crippen LogP contribution in [0.2, 0.25) is 0 Å². The summed E-state index contributed by atoms with van der Waals surface area (Å²) in [5, 5.41) is 3.09. The zero-order valence-corrected chi connectivity index (χ0v) is 14.8. The number of hydrogen-bond donors (Lipinski definition) is 1. The molecule has 0 aliphatic carbocycles. The fraction of sp³-hybridized carbons (Fsp3) is 0.300. The van der Waals surface area contributed by atoms with Crippen LogP contribution in [-0.2, 0) is 0 Å². The molecule has 27 heavy (non-hydrogen) atoms. The molecular formula is C20H19F2N3O2. The molecule has 2 aromatic rings. The Bertz CT molecular complexity index is 923. The van der Waals surface area contributed by atoms with Crippen LogP contribution >= 0.6 is 0 Å². The molecule has 0 aromatic heterocycles. The number of likely N-dealkylation sites (tertiary alicyclic amines) is 1. The van der Waals surface area contributed by atoms with Gasteiger partial charge < -0.3 is 15.1 Å². The van der Waals surface area contributed by atoms with E-state index in [1.807, 2.05) is 25.2 Å². The summed E-state index contributed by atoms with van der Waals surface area (Å²) in [4.78, 5) is 28.8. The van der Waals surface area contributed by atoms with Gasteiger partial charge in [-0.25, -0.2) is 8.78 Å². The average molecular weight is 371 g/mol. The van der Waals surface area contributed by atoms with Crippen molar-refractivity contribution in [2.24, 2.45) is 0 Å². The molecule has 0 atom stereocenters. The Morgan fingerprint density at radius 1 is 1.07 bits per heavy atom. The monoisotopic (exact) mass is 371 g/mol. The summed E-state index contributed by atoms with van der Waals surface area (Å²) in [5.74, 6) is -2.47. The molecule has 2 aliphatic heterocycles. The molecule has 1 saturated heterocycles. The number of para-hydroxylation sites is 1. The molecule has 4 rings (SSSR count). The van der Waals surface area contributed by atoms with E-state index in [9.17, 15) is 18.4 Å². The molecule has 1 spiro atoms. The number of nitrogens with zero attached hydrogens (tertiary/aromatic N) is 2. The summed E-state index contributed by atoms with van der Waals surface area (Å²) < 4.78 is 26.5. The third kappa shape index (κ3) is 2.83. The fourth-order valence-electron chi connectivity index (χ4n) is 3.90. The summed E-state index contributed by atoms with van der Waals surface area (Å²) in [7, 11) is 1.94. The van der Waals surface area contributed by atoms with Gasteiger partial charge in [0.25, 0.3) is 11.8 Å². The largest absolute Gasteiger partial charge is 0.351 e. The summed E-state index contributed by atoms with van der Waals surface area (Å²) in [6.07, 6.45) is 1.08. The van der Waals surface area contributed by atoms with Crippen LogP contribution in [0, 0.1) is 11.6 Å². The van der Waals surface area contributed by atoms with Gasteiger partial charge in [0, 0.05) is 38.5 Å². The molecule has 5 nitrogen and oxygen atoms in total. The molecule has 0 radical (unpaired) electrons. The average Bonchev–Trinajstić information content (AvgIpc) is 2.68. The number of halogens is 2. The highest BCUT2D eigenvalue weighted by Gasteiger charge is 2.44. The van der Waals surface area contributed by atoms with E-state index in [1.54, 1.807) is 11.0 Å². The number of hydrogen-bond acceptors (Lipinski definition) is 3. The molecule has 2 aromatic carbocycles. The highest BCUT2D eigenvalue weighted by molar-refractivity contribution is 6.02. The zero-order chi connectivity index (χ0) is 19.2. The molecule has 0 unspecified atom stereocenters. The van der Waals surface area contributed by atoms with Crippen LogP contribution in [0.4, 0.5) is 14.5 Å². The van der Waals surface area contributed by atoms with Crippen molar-refractivity contribution >= 4 is 17.5 Å². The minimum Gasteiger partial charge on any atom is -0.351 e. The van der Waals surface area contributed by atoms with E-state index < -0.39 is 17.3 Å². The molecule has 140 valence electrons. The number of amides is 2. The number of rotatable bonds is 1. The summed E-state index contributed by atoms with van der Waals surface area (Å²) >= 11 is 0. The van der Waals surface area contributed by atoms with Gasteiger partial charge >= 0.3 is 0 Å². The zero-order valence-electron chi connectivity index (χ0n) is 14.8. The van der Waals surface area contributed by atoms with Crippen LogP contribution in [0.5, 0.6) is 0 Å². The van der Waals surface area contributed by atoms with E-state index in [-0.39, 0.29) is 17.4 Å². The van der Waals surface area contributed by atoms with E-state index in [0.717, 1.165) is 17.8 Å². The quantitative estimate of drug-likeness (QED) is 0.839. The van der Waals surface area contributed by atoms with Crippen molar-refractivity contribution in [3.8, 4) is 0 Å². The van der Waals surface area contributed by atoms with E-state index in [1.165, 1.54) is 6.07 Å². The maximum absolute atomic E-state index is 13.4. The predicted molar refractivity (Wildman–Crippen MR) is 96.5 cm³/mol. The van der Waals surface area contributed by atoms with Crippen LogP contribution in [0.25, 0.3) is 0 Å². The Labute approximate surface area is 155 Å². The summed E-state index contributed by atoms with van der Waals surface area (Å²) in [6.45, 7) is 0.815. The van der Waals surface area contributed by atoms with Crippen molar-refractivity contribution in [1.82, 2.24) is 10.2 Å². The first-order valence-corrected chi connectivity index (χ1v) is 8.81. The molecular weight excluding hydrogens is 352 g/mol. The molecule has 1 fully saturated rings. The van der Waals surface area contributed by atoms with Gasteiger partial charge in [-0.3, -0.25) is 9.59 Å². The minimum absolute atomic E-state index is 0.121. The lowest BCUT2D eigenvalue weighted by molar-refractivity contribution is 0.0608. The lowest BCUT2D eigenvalue weighted by Gasteiger charge is -2.51. The maximum Gasteiger partial charge on any atom is 0.255 e. The first kappa shape index (κ1) is 17.5. The Morgan fingerprint density at radius 2 is 1.78 bits per heavy atom. The van der Waals surface area contributed by atoms with Gasteiger partial charge in [-0.1, -0.05) is 12.1 Å². The molecule has 1 N–H and O–H groups in total. The van der Waals surface area contributed by atoms with Crippen LogP contribution in [-0.4, -0.2) is 42.5 Å². The third-order valence-electron chi connectivity index (χ3n) is 5.54. The van der Waals surface area contributed by atoms with Gasteiger partial charge in [0.15, 0.2) is 11.6 Å². The van der Waals surface area contributed by atoms with Crippen LogP contribution in [0.3, 0.4) is 0 Å². The Balaban J connectivity index is 1.52. The second-order valence-corrected chi connectivity index (χ2v) is 6.98. The van der Waals surface area contributed by atoms with Crippen molar-refractivity contribution in [2.75, 3.05) is 25.0 Å². The van der Waals surface area contributed by atoms with Gasteiger partial charge in [-0.05, 0) is 30.3 Å². The maximum atomic E-state index is 13.4. The first-order chi connectivity index (χ1) is 12.9. The van der Waals surface area contributed by atoms with Crippen LogP contribution in [0.1, 0.15) is 33.6 Å². The number of piperidine rings is 1. The second-order valence-electron chi connectivity index (χ2n) is 6.98. The lowest BCUT2D eigenvalue weighted by Crippen LogP contribution is -2.67. The fourth-order valence-corrected chi connectivity index (χ4v) is 3.90. The van der Waals surface area contributed by atoms with Gasteiger partial charge in [-0.15, -0.1) is 0 Å². The number of fused-ring (bicyclic) bond motifs is 1. The number of benzene rings is 2. The van der Waals surface area contributed by atoms with E-state index >= 15 is 0 Å². The van der Waals surface area contributed by atoms with Gasteiger partial charge in [0.1, 0.15) is 5.66 Å². The predicted octanol–water partition coefficient (Wildman–Crippen LogP) is 2.78. The van der Waals surface area contributed by atoms with E-state index in [4.69, 9.17) is 0 Å². The van der Waals surface area contributed by atoms with Gasteiger partial charge in [0.2, 0.25) is 0 Å². The van der Waals surface area contributed by atoms with Crippen molar-refractivity contribution in [2.45, 2.75) is 18.5 Å². The molecule has 2 aliphatic rings. The topological polar surface area (TPSA) is 52.7 Å². The van der Waals surface area contributed by atoms with Crippen molar-refractivity contribution < 1.29 is 18.4 Å². The first-order valence-electron chi connectivity index (χ1n) is 8.81. The molecule has 0 bridgehead atoms. The third-order valence-corrected chi connectivity index (χ3v) is 5.54. The van der Waals surface area contributed by atoms with E-state index in [0.29, 0.717) is 31.5 Å². The summed E-state index contributed by atoms with van der Waals surface area (Å²) in [6, 6.07) is 10.6. The molecule has 7 heteroatoms. The lowest BCUT2D eigenvalue weighted by atomic mass is 9.90. The Kier molecular flexibility index (Phi) is 4.09. The highest BCUT2D eigenvalue weighted by Crippen LogP contribution is 2.36. The highest BCUT2D eigenvalue weighted by atomic mass is 19.2. The van der Waals surface area contributed by atoms with Crippen molar-refractivity contribution in [3.63, 3.8) is 0 Å². The van der Waals surface area contributed by atoms with E-state index in [2.05, 4.69) is 10.2 Å². The van der Waals surface area contributed by atoms with Crippen molar-refractivity contribution in [1.29, 1.82) is 0 Å². The van der Waals surface area contributed by atoms with Gasteiger partial charge in [0.05, 0.1) is 11.3 Å². The second kappa shape index (κ2) is 6.33. The Hall–Kier alpha value is -2.96. The van der Waals surface area contributed by atoms with Crippen molar-refractivity contribution in [3.05, 3.63) is 65.2 Å². The number of carbonyl (C=O) groups is 2. The standard InChI is InChI=1S/C20H19F2N3O2/c1-24-17-5-3-2-4-14(17)18(26)23-20(24)8-10-25(11-9-20)19(27)13-6-7-15(21)16(22)12-13/h2-7,12H,8-11H2,1H3,(H,23,26). The van der Waals surface area contributed by atoms with Gasteiger partial charge in [-0.2, -0.15) is 0 Å². The molecule has 0 saturated carbocycles. The number of nitrogens with one attached hydrogen (secondary N) is 1. The SMILES string of the molecule is CN1c2ccccc2C(=O)NC12CCN(C(=O)c1ccc(F)c(F)c1)CC2. The smallest absolute Gasteiger partial charge is 0.255 e. The normalized spacial score (nSPS) is 18.3. The summed E-state index contributed by atoms with van der Waals surface area (Å²) in [5.41, 5.74) is 1.06. The number of anilines is 1.